The second-order valence-electron chi connectivity index (χ2n) is 31.3. The van der Waals surface area contributed by atoms with E-state index in [4.69, 9.17) is 65.4 Å². The fraction of sp³-hybridized carbons (Fsp3) is 0.232. The molecule has 0 radical (unpaired) electrons. The lowest BCUT2D eigenvalue weighted by atomic mass is 10.1. The number of benzene rings is 8. The number of piperazine rings is 2. The Labute approximate surface area is 804 Å². The summed E-state index contributed by atoms with van der Waals surface area (Å²) in [6.45, 7) is 4.98. The van der Waals surface area contributed by atoms with Crippen molar-refractivity contribution in [2.45, 2.75) is 23.0 Å². The molecule has 0 unspecified atom stereocenters. The standard InChI is InChI=1S/C27H31ClN4O6S2.C26H27ClN4O5S.2C21H19ClN2O4S/c1-39(34,35)19-21-7-6-20(17-26(21)38-16-15-31-11-13-32(14-12-31)40(2,36)37)27(33)30-22-8-9-24(28)23(18-22)25-5-3-4-10-29-25;1-37(34,35)17-19-6-5-18(14-24(19)36-13-12-31-11-10-29-25(32)16-31)26(33)30-20-7-8-22(27)21(15-20)23-4-2-3-9-28-23;2*1-28-20-11-14(6-7-15(20)13-29(2,26)27)21(25)24-16-8-9-18(22)17(12-16)19-5-3-4-10-23-19/h3-10,17-18H,11-16,19H2,1-2H3,(H,30,33);2-9,14-15H,10-13,16-17H2,1H3,(H,29,32)(H,30,33);2*3-12H,13H2,1-2H3,(H,24,25). The maximum Gasteiger partial charge on any atom is 0.255 e. The summed E-state index contributed by atoms with van der Waals surface area (Å²) in [5.74, 6) is -1.04. The average molecular weight is 2010 g/mol. The summed E-state index contributed by atoms with van der Waals surface area (Å²) >= 11 is 25.3. The summed E-state index contributed by atoms with van der Waals surface area (Å²) in [5, 5.41) is 16.1. The SMILES string of the molecule is COc1cc(C(=O)Nc2ccc(Cl)c(-c3ccccn3)c2)ccc1CS(C)(=O)=O.COc1cc(C(=O)Nc2ccc(Cl)c(-c3ccccn3)c2)ccc1CS(C)(=O)=O.CS(=O)(=O)Cc1ccc(C(=O)Nc2ccc(Cl)c(-c3ccccn3)c2)cc1OCCN1CCN(S(C)(=O)=O)CC1.CS(=O)(=O)Cc1ccc(C(=O)Nc2ccc(Cl)c(-c3ccccn3)c2)cc1OCCN1CCNC(=O)C1. The molecule has 6 heterocycles. The van der Waals surface area contributed by atoms with Crippen LogP contribution in [-0.4, -0.2) is 223 Å². The van der Waals surface area contributed by atoms with Gasteiger partial charge >= 0.3 is 0 Å². The van der Waals surface area contributed by atoms with Crippen molar-refractivity contribution in [2.75, 3.05) is 139 Å². The number of nitrogens with zero attached hydrogens (tertiary/aromatic N) is 7. The Morgan fingerprint density at radius 2 is 0.637 bits per heavy atom. The summed E-state index contributed by atoms with van der Waals surface area (Å²) in [5.41, 5.74) is 10.8. The molecule has 40 heteroatoms. The number of anilines is 4. The van der Waals surface area contributed by atoms with Crippen LogP contribution in [0.3, 0.4) is 0 Å². The van der Waals surface area contributed by atoms with Crippen LogP contribution < -0.4 is 45.5 Å². The highest BCUT2D eigenvalue weighted by molar-refractivity contribution is 7.90. The van der Waals surface area contributed by atoms with Gasteiger partial charge in [0.2, 0.25) is 15.9 Å². The van der Waals surface area contributed by atoms with Crippen molar-refractivity contribution >= 4 is 148 Å². The van der Waals surface area contributed by atoms with E-state index >= 15 is 0 Å². The molecule has 0 atom stereocenters. The zero-order valence-electron chi connectivity index (χ0n) is 74.1. The molecule has 14 rings (SSSR count). The Morgan fingerprint density at radius 3 is 0.896 bits per heavy atom. The van der Waals surface area contributed by atoms with E-state index in [0.717, 1.165) is 25.0 Å². The Kier molecular flexibility index (Phi) is 36.1. The van der Waals surface area contributed by atoms with Crippen molar-refractivity contribution in [3.05, 3.63) is 308 Å². The number of methoxy groups -OCH3 is 2. The van der Waals surface area contributed by atoms with Gasteiger partial charge in [-0.05, 0) is 170 Å². The molecule has 0 spiro atoms. The molecule has 8 aromatic carbocycles. The molecule has 2 aliphatic rings. The van der Waals surface area contributed by atoms with E-state index in [1.165, 1.54) is 49.0 Å². The van der Waals surface area contributed by atoms with Gasteiger partial charge in [-0.3, -0.25) is 53.7 Å². The Hall–Kier alpha value is -12.3. The summed E-state index contributed by atoms with van der Waals surface area (Å²) in [4.78, 5) is 84.4. The van der Waals surface area contributed by atoms with Crippen LogP contribution in [0.2, 0.25) is 20.1 Å². The number of nitrogens with one attached hydrogen (secondary N) is 5. The van der Waals surface area contributed by atoms with E-state index in [0.29, 0.717) is 208 Å². The predicted octanol–water partition coefficient (Wildman–Crippen LogP) is 14.6. The summed E-state index contributed by atoms with van der Waals surface area (Å²) in [6, 6.07) is 61.1. The van der Waals surface area contributed by atoms with Gasteiger partial charge < -0.3 is 45.5 Å². The van der Waals surface area contributed by atoms with Crippen molar-refractivity contribution in [1.82, 2.24) is 39.4 Å². The summed E-state index contributed by atoms with van der Waals surface area (Å²) in [6.07, 6.45) is 12.4. The van der Waals surface area contributed by atoms with E-state index in [1.807, 2.05) is 65.6 Å². The van der Waals surface area contributed by atoms with Gasteiger partial charge in [0.1, 0.15) is 36.2 Å². The molecular weight excluding hydrogens is 1920 g/mol. The van der Waals surface area contributed by atoms with Gasteiger partial charge in [0.05, 0.1) is 92.9 Å². The first-order valence-corrected chi connectivity index (χ1v) is 53.0. The quantitative estimate of drug-likeness (QED) is 0.0269. The molecule has 2 fully saturated rings. The number of sulfonamides is 1. The molecule has 5 N–H and O–H groups in total. The minimum absolute atomic E-state index is 0.0453. The molecule has 2 saturated heterocycles. The van der Waals surface area contributed by atoms with Crippen LogP contribution in [0.4, 0.5) is 22.7 Å². The normalized spacial score (nSPS) is 13.1. The van der Waals surface area contributed by atoms with Crippen LogP contribution in [0.15, 0.2) is 243 Å². The molecule has 135 heavy (non-hydrogen) atoms. The zero-order chi connectivity index (χ0) is 97.4. The predicted molar refractivity (Wildman–Crippen MR) is 527 cm³/mol. The van der Waals surface area contributed by atoms with Gasteiger partial charge in [-0.1, -0.05) is 94.9 Å². The second-order valence-corrected chi connectivity index (χ2v) is 43.4. The Balaban J connectivity index is 0.000000175. The van der Waals surface area contributed by atoms with Crippen LogP contribution in [0.5, 0.6) is 23.0 Å². The van der Waals surface area contributed by atoms with Crippen LogP contribution in [-0.2, 0) is 77.2 Å². The van der Waals surface area contributed by atoms with Gasteiger partial charge in [0.15, 0.2) is 39.3 Å². The second kappa shape index (κ2) is 47.3. The number of carbonyl (C=O) groups is 5. The third-order valence-electron chi connectivity index (χ3n) is 20.3. The van der Waals surface area contributed by atoms with Crippen molar-refractivity contribution < 1.29 is 85.0 Å². The van der Waals surface area contributed by atoms with Crippen LogP contribution >= 0.6 is 46.4 Å². The number of rotatable bonds is 31. The number of hydrogen-bond donors (Lipinski definition) is 5. The summed E-state index contributed by atoms with van der Waals surface area (Å²) in [7, 11) is -13.5. The highest BCUT2D eigenvalue weighted by atomic mass is 35.5. The number of ether oxygens (including phenoxy) is 4. The number of amides is 5. The lowest BCUT2D eigenvalue weighted by Crippen LogP contribution is -2.49. The molecule has 31 nitrogen and oxygen atoms in total. The number of halogens is 4. The van der Waals surface area contributed by atoms with Crippen LogP contribution in [0, 0.1) is 0 Å². The molecule has 4 aromatic heterocycles. The number of carbonyl (C=O) groups excluding carboxylic acids is 5. The van der Waals surface area contributed by atoms with Crippen LogP contribution in [0.25, 0.3) is 45.0 Å². The fourth-order valence-electron chi connectivity index (χ4n) is 13.9. The Bertz CT molecular complexity index is 6730. The van der Waals surface area contributed by atoms with Gasteiger partial charge in [0.25, 0.3) is 23.6 Å². The molecule has 0 aliphatic carbocycles. The molecule has 0 saturated carbocycles. The highest BCUT2D eigenvalue weighted by Gasteiger charge is 2.27. The number of aromatic nitrogens is 4. The van der Waals surface area contributed by atoms with Gasteiger partial charge in [-0.15, -0.1) is 0 Å². The minimum atomic E-state index is -3.35. The fourth-order valence-corrected chi connectivity index (χ4v) is 18.8. The molecular formula is C95H96Cl4N12O19S5. The van der Waals surface area contributed by atoms with E-state index in [2.05, 4.69) is 51.4 Å². The van der Waals surface area contributed by atoms with Crippen molar-refractivity contribution in [3.8, 4) is 68.0 Å². The largest absolute Gasteiger partial charge is 0.496 e. The third-order valence-corrected chi connectivity index (χ3v) is 26.3. The van der Waals surface area contributed by atoms with E-state index in [-0.39, 0.29) is 60.5 Å². The number of pyridine rings is 4. The highest BCUT2D eigenvalue weighted by Crippen LogP contribution is 2.36. The van der Waals surface area contributed by atoms with E-state index < -0.39 is 61.2 Å². The zero-order valence-corrected chi connectivity index (χ0v) is 81.2. The average Bonchev–Trinajstić information content (AvgIpc) is 0.827. The van der Waals surface area contributed by atoms with Gasteiger partial charge in [-0.2, -0.15) is 4.31 Å². The van der Waals surface area contributed by atoms with Gasteiger partial charge in [-0.25, -0.2) is 42.1 Å². The van der Waals surface area contributed by atoms with E-state index in [1.54, 1.807) is 158 Å². The van der Waals surface area contributed by atoms with Crippen LogP contribution in [0.1, 0.15) is 63.7 Å². The smallest absolute Gasteiger partial charge is 0.255 e. The number of hydrogen-bond acceptors (Lipinski definition) is 25. The first-order valence-electron chi connectivity index (χ1n) is 41.4. The summed E-state index contributed by atoms with van der Waals surface area (Å²) < 4.78 is 141. The topological polar surface area (TPSA) is 414 Å². The lowest BCUT2D eigenvalue weighted by Gasteiger charge is -2.33. The molecule has 708 valence electrons. The minimum Gasteiger partial charge on any atom is -0.496 e. The molecule has 2 aliphatic heterocycles. The first kappa shape index (κ1) is 103. The Morgan fingerprint density at radius 1 is 0.356 bits per heavy atom. The van der Waals surface area contributed by atoms with Gasteiger partial charge in [0, 0.05) is 192 Å². The van der Waals surface area contributed by atoms with Crippen molar-refractivity contribution in [3.63, 3.8) is 0 Å². The molecule has 5 amide bonds. The van der Waals surface area contributed by atoms with Crippen molar-refractivity contribution in [1.29, 1.82) is 0 Å². The maximum absolute atomic E-state index is 13.1. The van der Waals surface area contributed by atoms with Crippen molar-refractivity contribution in [2.24, 2.45) is 0 Å². The molecule has 12 aromatic rings. The first-order chi connectivity index (χ1) is 64.1. The number of sulfone groups is 4. The maximum atomic E-state index is 13.1. The van der Waals surface area contributed by atoms with E-state index in [9.17, 15) is 66.1 Å². The lowest BCUT2D eigenvalue weighted by molar-refractivity contribution is -0.124. The third kappa shape index (κ3) is 31.9. The monoisotopic (exact) mass is 2010 g/mol. The molecule has 0 bridgehead atoms.